The van der Waals surface area contributed by atoms with Crippen molar-refractivity contribution in [1.82, 2.24) is 25.0 Å². The number of nitrogens with one attached hydrogen (secondary N) is 1. The highest BCUT2D eigenvalue weighted by Gasteiger charge is 2.33. The SMILES string of the molecule is COCCc1noc([C@H]2CCCCN2C(=O)c2cnc[nH]2)n1. The van der Waals surface area contributed by atoms with Gasteiger partial charge in [0.15, 0.2) is 5.82 Å². The molecule has 8 nitrogen and oxygen atoms in total. The fraction of sp³-hybridized carbons (Fsp3) is 0.571. The molecule has 3 heterocycles. The third-order valence-electron chi connectivity index (χ3n) is 3.79. The summed E-state index contributed by atoms with van der Waals surface area (Å²) in [5.74, 6) is 1.02. The molecule has 0 aromatic carbocycles. The Morgan fingerprint density at radius 3 is 3.23 bits per heavy atom. The molecule has 0 saturated carbocycles. The van der Waals surface area contributed by atoms with Gasteiger partial charge in [-0.1, -0.05) is 5.16 Å². The Morgan fingerprint density at radius 2 is 2.45 bits per heavy atom. The number of carbonyl (C=O) groups excluding carboxylic acids is 1. The zero-order chi connectivity index (χ0) is 15.4. The maximum absolute atomic E-state index is 12.6. The Balaban J connectivity index is 1.77. The summed E-state index contributed by atoms with van der Waals surface area (Å²) in [5.41, 5.74) is 0.478. The molecule has 1 saturated heterocycles. The molecule has 0 radical (unpaired) electrons. The smallest absolute Gasteiger partial charge is 0.272 e. The molecule has 1 amide bonds. The van der Waals surface area contributed by atoms with Gasteiger partial charge in [-0.3, -0.25) is 4.79 Å². The second-order valence-corrected chi connectivity index (χ2v) is 5.27. The minimum absolute atomic E-state index is 0.0844. The van der Waals surface area contributed by atoms with Gasteiger partial charge in [0.05, 0.1) is 19.1 Å². The number of imidazole rings is 1. The Labute approximate surface area is 127 Å². The quantitative estimate of drug-likeness (QED) is 0.895. The Kier molecular flexibility index (Phi) is 4.47. The number of ether oxygens (including phenoxy) is 1. The number of likely N-dealkylation sites (tertiary alicyclic amines) is 1. The molecule has 1 aliphatic heterocycles. The summed E-state index contributed by atoms with van der Waals surface area (Å²) in [7, 11) is 1.63. The van der Waals surface area contributed by atoms with Crippen LogP contribution in [-0.2, 0) is 11.2 Å². The van der Waals surface area contributed by atoms with Crippen LogP contribution in [0.4, 0.5) is 0 Å². The number of carbonyl (C=O) groups is 1. The molecule has 1 aliphatic rings. The van der Waals surface area contributed by atoms with Crippen molar-refractivity contribution in [1.29, 1.82) is 0 Å². The number of aromatic amines is 1. The highest BCUT2D eigenvalue weighted by atomic mass is 16.5. The molecule has 0 bridgehead atoms. The lowest BCUT2D eigenvalue weighted by atomic mass is 10.0. The summed E-state index contributed by atoms with van der Waals surface area (Å²) >= 11 is 0. The van der Waals surface area contributed by atoms with Gasteiger partial charge in [-0.05, 0) is 19.3 Å². The van der Waals surface area contributed by atoms with E-state index in [9.17, 15) is 4.79 Å². The van der Waals surface area contributed by atoms with Gasteiger partial charge in [0.1, 0.15) is 11.7 Å². The minimum Gasteiger partial charge on any atom is -0.384 e. The third-order valence-corrected chi connectivity index (χ3v) is 3.79. The Hall–Kier alpha value is -2.22. The number of amides is 1. The van der Waals surface area contributed by atoms with Crippen molar-refractivity contribution in [2.75, 3.05) is 20.3 Å². The predicted octanol–water partition coefficient (Wildman–Crippen LogP) is 1.35. The van der Waals surface area contributed by atoms with Gasteiger partial charge in [-0.25, -0.2) is 4.98 Å². The molecule has 0 spiro atoms. The minimum atomic E-state index is -0.173. The molecule has 118 valence electrons. The van der Waals surface area contributed by atoms with E-state index in [-0.39, 0.29) is 11.9 Å². The zero-order valence-corrected chi connectivity index (χ0v) is 12.5. The van der Waals surface area contributed by atoms with E-state index in [2.05, 4.69) is 20.1 Å². The van der Waals surface area contributed by atoms with Crippen molar-refractivity contribution >= 4 is 5.91 Å². The highest BCUT2D eigenvalue weighted by molar-refractivity contribution is 5.92. The molecule has 1 atom stereocenters. The number of nitrogens with zero attached hydrogens (tertiary/aromatic N) is 4. The van der Waals surface area contributed by atoms with Gasteiger partial charge in [0.2, 0.25) is 5.89 Å². The lowest BCUT2D eigenvalue weighted by Crippen LogP contribution is -2.38. The molecular formula is C14H19N5O3. The van der Waals surface area contributed by atoms with Crippen LogP contribution in [0, 0.1) is 0 Å². The second-order valence-electron chi connectivity index (χ2n) is 5.27. The van der Waals surface area contributed by atoms with Crippen LogP contribution < -0.4 is 0 Å². The maximum atomic E-state index is 12.6. The second kappa shape index (κ2) is 6.69. The zero-order valence-electron chi connectivity index (χ0n) is 12.5. The van der Waals surface area contributed by atoms with E-state index in [0.29, 0.717) is 37.0 Å². The van der Waals surface area contributed by atoms with E-state index in [0.717, 1.165) is 19.3 Å². The average molecular weight is 305 g/mol. The third kappa shape index (κ3) is 3.01. The summed E-state index contributed by atoms with van der Waals surface area (Å²) in [5, 5.41) is 3.96. The van der Waals surface area contributed by atoms with Crippen molar-refractivity contribution < 1.29 is 14.1 Å². The molecule has 1 fully saturated rings. The first-order valence-corrected chi connectivity index (χ1v) is 7.40. The molecule has 0 aliphatic carbocycles. The number of aromatic nitrogens is 4. The molecule has 0 unspecified atom stereocenters. The summed E-state index contributed by atoms with van der Waals surface area (Å²) in [4.78, 5) is 25.5. The fourth-order valence-electron chi connectivity index (χ4n) is 2.66. The van der Waals surface area contributed by atoms with E-state index in [1.807, 2.05) is 0 Å². The average Bonchev–Trinajstić information content (AvgIpc) is 3.24. The number of rotatable bonds is 5. The largest absolute Gasteiger partial charge is 0.384 e. The number of piperidine rings is 1. The summed E-state index contributed by atoms with van der Waals surface area (Å²) in [6, 6.07) is -0.173. The lowest BCUT2D eigenvalue weighted by Gasteiger charge is -2.32. The van der Waals surface area contributed by atoms with E-state index >= 15 is 0 Å². The molecule has 3 rings (SSSR count). The Bertz CT molecular complexity index is 610. The number of hydrogen-bond donors (Lipinski definition) is 1. The van der Waals surface area contributed by atoms with Crippen LogP contribution in [0.3, 0.4) is 0 Å². The van der Waals surface area contributed by atoms with Crippen LogP contribution >= 0.6 is 0 Å². The number of hydrogen-bond acceptors (Lipinski definition) is 6. The van der Waals surface area contributed by atoms with Crippen LogP contribution in [0.15, 0.2) is 17.0 Å². The van der Waals surface area contributed by atoms with Crippen molar-refractivity contribution in [3.8, 4) is 0 Å². The van der Waals surface area contributed by atoms with Crippen molar-refractivity contribution in [2.45, 2.75) is 31.7 Å². The molecule has 22 heavy (non-hydrogen) atoms. The van der Waals surface area contributed by atoms with Crippen LogP contribution in [0.1, 0.15) is 47.5 Å². The summed E-state index contributed by atoms with van der Waals surface area (Å²) < 4.78 is 10.4. The topological polar surface area (TPSA) is 97.1 Å². The maximum Gasteiger partial charge on any atom is 0.272 e. The van der Waals surface area contributed by atoms with Crippen molar-refractivity contribution in [3.05, 3.63) is 29.9 Å². The lowest BCUT2D eigenvalue weighted by molar-refractivity contribution is 0.0556. The van der Waals surface area contributed by atoms with Gasteiger partial charge in [-0.2, -0.15) is 4.98 Å². The van der Waals surface area contributed by atoms with E-state index < -0.39 is 0 Å². The van der Waals surface area contributed by atoms with Crippen LogP contribution in [0.2, 0.25) is 0 Å². The number of H-pyrrole nitrogens is 1. The van der Waals surface area contributed by atoms with Gasteiger partial charge < -0.3 is 19.1 Å². The fourth-order valence-corrected chi connectivity index (χ4v) is 2.66. The normalized spacial score (nSPS) is 18.6. The predicted molar refractivity (Wildman–Crippen MR) is 76.1 cm³/mol. The summed E-state index contributed by atoms with van der Waals surface area (Å²) in [6.07, 6.45) is 6.47. The van der Waals surface area contributed by atoms with E-state index in [1.54, 1.807) is 12.0 Å². The van der Waals surface area contributed by atoms with Crippen LogP contribution in [-0.4, -0.2) is 51.2 Å². The molecule has 2 aromatic rings. The van der Waals surface area contributed by atoms with Crippen molar-refractivity contribution in [3.63, 3.8) is 0 Å². The first-order chi connectivity index (χ1) is 10.8. The van der Waals surface area contributed by atoms with Gasteiger partial charge >= 0.3 is 0 Å². The standard InChI is InChI=1S/C14H19N5O3/c1-21-7-5-12-17-13(22-18-12)11-4-2-3-6-19(11)14(20)10-8-15-9-16-10/h8-9,11H,2-7H2,1H3,(H,15,16)/t11-/m1/s1. The summed E-state index contributed by atoms with van der Waals surface area (Å²) in [6.45, 7) is 1.22. The molecular weight excluding hydrogens is 286 g/mol. The molecule has 2 aromatic heterocycles. The number of methoxy groups -OCH3 is 1. The van der Waals surface area contributed by atoms with E-state index in [1.165, 1.54) is 12.5 Å². The van der Waals surface area contributed by atoms with Gasteiger partial charge in [0, 0.05) is 20.1 Å². The van der Waals surface area contributed by atoms with Crippen LogP contribution in [0.25, 0.3) is 0 Å². The van der Waals surface area contributed by atoms with Crippen LogP contribution in [0.5, 0.6) is 0 Å². The Morgan fingerprint density at radius 1 is 1.55 bits per heavy atom. The van der Waals surface area contributed by atoms with E-state index in [4.69, 9.17) is 9.26 Å². The van der Waals surface area contributed by atoms with Gasteiger partial charge in [-0.15, -0.1) is 0 Å². The first kappa shape index (κ1) is 14.7. The van der Waals surface area contributed by atoms with Gasteiger partial charge in [0.25, 0.3) is 5.91 Å². The molecule has 1 N–H and O–H groups in total. The molecule has 8 heteroatoms. The monoisotopic (exact) mass is 305 g/mol. The first-order valence-electron chi connectivity index (χ1n) is 7.40. The van der Waals surface area contributed by atoms with Crippen molar-refractivity contribution in [2.24, 2.45) is 0 Å². The highest BCUT2D eigenvalue weighted by Crippen LogP contribution is 2.30.